The first kappa shape index (κ1) is 12.2. The average Bonchev–Trinajstić information content (AvgIpc) is 2.18. The number of nitrogens with one attached hydrogen (secondary N) is 1. The molecule has 1 N–H and O–H groups in total. The summed E-state index contributed by atoms with van der Waals surface area (Å²) < 4.78 is 12.9. The summed E-state index contributed by atoms with van der Waals surface area (Å²) in [5, 5.41) is 3.29. The van der Waals surface area contributed by atoms with E-state index in [1.807, 2.05) is 13.1 Å². The molecule has 1 unspecified atom stereocenters. The van der Waals surface area contributed by atoms with Gasteiger partial charge in [-0.2, -0.15) is 0 Å². The second-order valence-electron chi connectivity index (χ2n) is 4.31. The highest BCUT2D eigenvalue weighted by molar-refractivity contribution is 5.16. The standard InChI is InChI=1S/C13H20FN/c1-10(2)13(15-3)8-7-11-5-4-6-12(14)9-11/h4-6,9-10,13,15H,7-8H2,1-3H3. The molecule has 0 heterocycles. The van der Waals surface area contributed by atoms with E-state index in [2.05, 4.69) is 19.2 Å². The highest BCUT2D eigenvalue weighted by Crippen LogP contribution is 2.11. The Labute approximate surface area is 91.7 Å². The topological polar surface area (TPSA) is 12.0 Å². The molecule has 15 heavy (non-hydrogen) atoms. The predicted molar refractivity (Wildman–Crippen MR) is 62.4 cm³/mol. The fourth-order valence-electron chi connectivity index (χ4n) is 1.83. The lowest BCUT2D eigenvalue weighted by Gasteiger charge is -2.19. The number of aryl methyl sites for hydroxylation is 1. The summed E-state index contributed by atoms with van der Waals surface area (Å²) in [5.74, 6) is 0.474. The minimum absolute atomic E-state index is 0.141. The number of hydrogen-bond donors (Lipinski definition) is 1. The molecule has 0 aromatic heterocycles. The van der Waals surface area contributed by atoms with Gasteiger partial charge in [-0.15, -0.1) is 0 Å². The van der Waals surface area contributed by atoms with Crippen LogP contribution in [-0.2, 0) is 6.42 Å². The fraction of sp³-hybridized carbons (Fsp3) is 0.538. The Morgan fingerprint density at radius 3 is 2.60 bits per heavy atom. The molecule has 0 radical (unpaired) electrons. The van der Waals surface area contributed by atoms with Gasteiger partial charge in [0, 0.05) is 6.04 Å². The first-order valence-corrected chi connectivity index (χ1v) is 5.55. The van der Waals surface area contributed by atoms with Crippen LogP contribution in [0, 0.1) is 11.7 Å². The van der Waals surface area contributed by atoms with E-state index in [0.717, 1.165) is 18.4 Å². The molecule has 1 aromatic carbocycles. The van der Waals surface area contributed by atoms with Crippen molar-refractivity contribution in [1.82, 2.24) is 5.32 Å². The van der Waals surface area contributed by atoms with Crippen molar-refractivity contribution in [2.75, 3.05) is 7.05 Å². The molecule has 0 saturated heterocycles. The van der Waals surface area contributed by atoms with Gasteiger partial charge < -0.3 is 5.32 Å². The van der Waals surface area contributed by atoms with Crippen LogP contribution in [0.2, 0.25) is 0 Å². The Hall–Kier alpha value is -0.890. The van der Waals surface area contributed by atoms with Crippen molar-refractivity contribution < 1.29 is 4.39 Å². The van der Waals surface area contributed by atoms with E-state index in [1.54, 1.807) is 12.1 Å². The van der Waals surface area contributed by atoms with E-state index in [1.165, 1.54) is 6.07 Å². The molecule has 1 aromatic rings. The van der Waals surface area contributed by atoms with E-state index in [9.17, 15) is 4.39 Å². The summed E-state index contributed by atoms with van der Waals surface area (Å²) in [6, 6.07) is 7.37. The summed E-state index contributed by atoms with van der Waals surface area (Å²) in [6.45, 7) is 4.40. The van der Waals surface area contributed by atoms with Crippen molar-refractivity contribution in [3.8, 4) is 0 Å². The molecule has 1 nitrogen and oxygen atoms in total. The van der Waals surface area contributed by atoms with Gasteiger partial charge in [-0.3, -0.25) is 0 Å². The Balaban J connectivity index is 2.49. The van der Waals surface area contributed by atoms with Gasteiger partial charge in [0.15, 0.2) is 0 Å². The summed E-state index contributed by atoms with van der Waals surface area (Å²) in [7, 11) is 1.98. The summed E-state index contributed by atoms with van der Waals surface area (Å²) in [5.41, 5.74) is 1.08. The van der Waals surface area contributed by atoms with Gasteiger partial charge in [0.25, 0.3) is 0 Å². The Morgan fingerprint density at radius 2 is 2.07 bits per heavy atom. The van der Waals surface area contributed by atoms with Crippen molar-refractivity contribution in [3.63, 3.8) is 0 Å². The van der Waals surface area contributed by atoms with Crippen molar-refractivity contribution in [2.24, 2.45) is 5.92 Å². The van der Waals surface area contributed by atoms with E-state index in [-0.39, 0.29) is 5.82 Å². The van der Waals surface area contributed by atoms with Crippen molar-refractivity contribution in [1.29, 1.82) is 0 Å². The normalized spacial score (nSPS) is 13.1. The van der Waals surface area contributed by atoms with Crippen molar-refractivity contribution >= 4 is 0 Å². The number of hydrogen-bond acceptors (Lipinski definition) is 1. The van der Waals surface area contributed by atoms with E-state index >= 15 is 0 Å². The third-order valence-corrected chi connectivity index (χ3v) is 2.81. The zero-order valence-electron chi connectivity index (χ0n) is 9.76. The molecule has 0 spiro atoms. The van der Waals surface area contributed by atoms with Crippen LogP contribution in [0.1, 0.15) is 25.8 Å². The van der Waals surface area contributed by atoms with Gasteiger partial charge >= 0.3 is 0 Å². The molecule has 0 aliphatic carbocycles. The molecular weight excluding hydrogens is 189 g/mol. The highest BCUT2D eigenvalue weighted by Gasteiger charge is 2.10. The van der Waals surface area contributed by atoms with Gasteiger partial charge in [0.1, 0.15) is 5.82 Å². The summed E-state index contributed by atoms with van der Waals surface area (Å²) in [4.78, 5) is 0. The van der Waals surface area contributed by atoms with Gasteiger partial charge in [-0.1, -0.05) is 26.0 Å². The zero-order valence-corrected chi connectivity index (χ0v) is 9.76. The lowest BCUT2D eigenvalue weighted by Crippen LogP contribution is -2.30. The monoisotopic (exact) mass is 209 g/mol. The molecule has 0 amide bonds. The first-order valence-electron chi connectivity index (χ1n) is 5.55. The Morgan fingerprint density at radius 1 is 1.33 bits per heavy atom. The second-order valence-corrected chi connectivity index (χ2v) is 4.31. The Bertz CT molecular complexity index is 296. The number of benzene rings is 1. The van der Waals surface area contributed by atoms with E-state index < -0.39 is 0 Å². The molecule has 84 valence electrons. The highest BCUT2D eigenvalue weighted by atomic mass is 19.1. The molecule has 0 saturated carbocycles. The van der Waals surface area contributed by atoms with E-state index in [4.69, 9.17) is 0 Å². The quantitative estimate of drug-likeness (QED) is 0.786. The maximum Gasteiger partial charge on any atom is 0.123 e. The second kappa shape index (κ2) is 5.86. The molecule has 1 rings (SSSR count). The van der Waals surface area contributed by atoms with Crippen LogP contribution in [0.4, 0.5) is 4.39 Å². The van der Waals surface area contributed by atoms with Crippen LogP contribution in [-0.4, -0.2) is 13.1 Å². The van der Waals surface area contributed by atoms with Crippen LogP contribution < -0.4 is 5.32 Å². The van der Waals surface area contributed by atoms with Gasteiger partial charge in [0.2, 0.25) is 0 Å². The average molecular weight is 209 g/mol. The minimum atomic E-state index is -0.141. The van der Waals surface area contributed by atoms with Crippen LogP contribution in [0.3, 0.4) is 0 Å². The molecule has 2 heteroatoms. The van der Waals surface area contributed by atoms with Crippen LogP contribution >= 0.6 is 0 Å². The van der Waals surface area contributed by atoms with Crippen LogP contribution in [0.5, 0.6) is 0 Å². The van der Waals surface area contributed by atoms with Gasteiger partial charge in [-0.05, 0) is 43.5 Å². The van der Waals surface area contributed by atoms with E-state index in [0.29, 0.717) is 12.0 Å². The third kappa shape index (κ3) is 4.00. The van der Waals surface area contributed by atoms with Crippen molar-refractivity contribution in [2.45, 2.75) is 32.7 Å². The SMILES string of the molecule is CNC(CCc1cccc(F)c1)C(C)C. The number of halogens is 1. The fourth-order valence-corrected chi connectivity index (χ4v) is 1.83. The minimum Gasteiger partial charge on any atom is -0.317 e. The third-order valence-electron chi connectivity index (χ3n) is 2.81. The van der Waals surface area contributed by atoms with Crippen molar-refractivity contribution in [3.05, 3.63) is 35.6 Å². The smallest absolute Gasteiger partial charge is 0.123 e. The maximum atomic E-state index is 12.9. The van der Waals surface area contributed by atoms with Crippen LogP contribution in [0.25, 0.3) is 0 Å². The lowest BCUT2D eigenvalue weighted by atomic mass is 9.97. The number of rotatable bonds is 5. The molecule has 0 bridgehead atoms. The summed E-state index contributed by atoms with van der Waals surface area (Å²) >= 11 is 0. The molecule has 0 fully saturated rings. The van der Waals surface area contributed by atoms with Gasteiger partial charge in [-0.25, -0.2) is 4.39 Å². The lowest BCUT2D eigenvalue weighted by molar-refractivity contribution is 0.402. The molecule has 1 atom stereocenters. The van der Waals surface area contributed by atoms with Crippen LogP contribution in [0.15, 0.2) is 24.3 Å². The van der Waals surface area contributed by atoms with Gasteiger partial charge in [0.05, 0.1) is 0 Å². The predicted octanol–water partition coefficient (Wildman–Crippen LogP) is 3.00. The molecule has 0 aliphatic rings. The largest absolute Gasteiger partial charge is 0.317 e. The first-order chi connectivity index (χ1) is 7.13. The molecule has 0 aliphatic heterocycles. The summed E-state index contributed by atoms with van der Waals surface area (Å²) in [6.07, 6.45) is 1.99. The maximum absolute atomic E-state index is 12.9. The molecular formula is C13H20FN. The zero-order chi connectivity index (χ0) is 11.3. The Kier molecular flexibility index (Phi) is 4.76.